The van der Waals surface area contributed by atoms with Crippen molar-refractivity contribution in [3.05, 3.63) is 46.7 Å². The molecule has 1 amide bonds. The van der Waals surface area contributed by atoms with Crippen molar-refractivity contribution < 1.29 is 19.4 Å². The van der Waals surface area contributed by atoms with E-state index in [0.717, 1.165) is 4.88 Å². The summed E-state index contributed by atoms with van der Waals surface area (Å²) >= 11 is 1.50. The second-order valence-electron chi connectivity index (χ2n) is 4.98. The van der Waals surface area contributed by atoms with Gasteiger partial charge in [-0.25, -0.2) is 0 Å². The van der Waals surface area contributed by atoms with E-state index in [9.17, 15) is 9.90 Å². The van der Waals surface area contributed by atoms with Gasteiger partial charge in [-0.05, 0) is 30.0 Å². The lowest BCUT2D eigenvalue weighted by atomic mass is 10.2. The molecule has 0 unspecified atom stereocenters. The molecule has 3 rings (SSSR count). The maximum atomic E-state index is 12.1. The Kier molecular flexibility index (Phi) is 4.60. The summed E-state index contributed by atoms with van der Waals surface area (Å²) in [5.41, 5.74) is 0. The molecule has 22 heavy (non-hydrogen) atoms. The third kappa shape index (κ3) is 3.40. The number of para-hydroxylation sites is 2. The lowest BCUT2D eigenvalue weighted by Crippen LogP contribution is -2.44. The molecule has 0 radical (unpaired) electrons. The van der Waals surface area contributed by atoms with Crippen LogP contribution in [0.4, 0.5) is 0 Å². The molecule has 5 nitrogen and oxygen atoms in total. The van der Waals surface area contributed by atoms with Crippen molar-refractivity contribution in [1.82, 2.24) is 5.32 Å². The van der Waals surface area contributed by atoms with Crippen LogP contribution in [-0.2, 0) is 4.79 Å². The molecule has 0 saturated heterocycles. The van der Waals surface area contributed by atoms with Crippen LogP contribution in [0.1, 0.15) is 17.4 Å². The van der Waals surface area contributed by atoms with Crippen LogP contribution in [0.2, 0.25) is 0 Å². The van der Waals surface area contributed by atoms with Crippen molar-refractivity contribution in [2.24, 2.45) is 0 Å². The third-order valence-electron chi connectivity index (χ3n) is 3.39. The Morgan fingerprint density at radius 1 is 1.32 bits per heavy atom. The molecule has 0 spiro atoms. The number of fused-ring (bicyclic) bond motifs is 1. The van der Waals surface area contributed by atoms with Crippen LogP contribution in [0.3, 0.4) is 0 Å². The van der Waals surface area contributed by atoms with Gasteiger partial charge in [0.1, 0.15) is 6.61 Å². The maximum absolute atomic E-state index is 12.1. The van der Waals surface area contributed by atoms with Crippen LogP contribution in [0, 0.1) is 0 Å². The molecule has 2 atom stereocenters. The van der Waals surface area contributed by atoms with Gasteiger partial charge >= 0.3 is 0 Å². The molecule has 116 valence electrons. The van der Waals surface area contributed by atoms with Crippen molar-refractivity contribution in [3.63, 3.8) is 0 Å². The largest absolute Gasteiger partial charge is 0.485 e. The smallest absolute Gasteiger partial charge is 0.264 e. The van der Waals surface area contributed by atoms with Gasteiger partial charge in [0.25, 0.3) is 5.91 Å². The zero-order chi connectivity index (χ0) is 15.4. The zero-order valence-corrected chi connectivity index (χ0v) is 12.7. The quantitative estimate of drug-likeness (QED) is 0.886. The van der Waals surface area contributed by atoms with Gasteiger partial charge in [-0.3, -0.25) is 4.79 Å². The van der Waals surface area contributed by atoms with E-state index in [2.05, 4.69) is 5.32 Å². The lowest BCUT2D eigenvalue weighted by molar-refractivity contribution is -0.130. The first-order chi connectivity index (χ1) is 10.7. The van der Waals surface area contributed by atoms with Crippen LogP contribution in [0.15, 0.2) is 41.8 Å². The Morgan fingerprint density at radius 3 is 2.91 bits per heavy atom. The minimum Gasteiger partial charge on any atom is -0.485 e. The number of hydrogen-bond donors (Lipinski definition) is 2. The highest BCUT2D eigenvalue weighted by Crippen LogP contribution is 2.30. The molecule has 6 heteroatoms. The van der Waals surface area contributed by atoms with Gasteiger partial charge < -0.3 is 19.9 Å². The van der Waals surface area contributed by atoms with Crippen molar-refractivity contribution in [2.75, 3.05) is 13.2 Å². The molecule has 1 aliphatic heterocycles. The normalized spacial score (nSPS) is 17.8. The summed E-state index contributed by atoms with van der Waals surface area (Å²) < 4.78 is 11.1. The monoisotopic (exact) mass is 319 g/mol. The lowest BCUT2D eigenvalue weighted by Gasteiger charge is -2.25. The summed E-state index contributed by atoms with van der Waals surface area (Å²) in [6.07, 6.45) is -0.741. The van der Waals surface area contributed by atoms with Gasteiger partial charge in [0, 0.05) is 11.4 Å². The van der Waals surface area contributed by atoms with E-state index < -0.39 is 12.2 Å². The first-order valence-electron chi connectivity index (χ1n) is 7.11. The van der Waals surface area contributed by atoms with Crippen molar-refractivity contribution in [2.45, 2.75) is 18.6 Å². The number of ether oxygens (including phenoxy) is 2. The Morgan fingerprint density at radius 2 is 2.14 bits per heavy atom. The highest BCUT2D eigenvalue weighted by atomic mass is 32.1. The van der Waals surface area contributed by atoms with E-state index in [1.165, 1.54) is 11.3 Å². The third-order valence-corrected chi connectivity index (χ3v) is 4.36. The topological polar surface area (TPSA) is 67.8 Å². The van der Waals surface area contributed by atoms with Gasteiger partial charge in [-0.15, -0.1) is 11.3 Å². The molecular formula is C16H17NO4S. The fourth-order valence-electron chi connectivity index (χ4n) is 2.22. The maximum Gasteiger partial charge on any atom is 0.264 e. The van der Waals surface area contributed by atoms with E-state index in [4.69, 9.17) is 9.47 Å². The predicted molar refractivity (Wildman–Crippen MR) is 83.3 cm³/mol. The number of carbonyl (C=O) groups is 1. The summed E-state index contributed by atoms with van der Waals surface area (Å²) in [4.78, 5) is 13.0. The summed E-state index contributed by atoms with van der Waals surface area (Å²) in [6, 6.07) is 11.0. The fraction of sp³-hybridized carbons (Fsp3) is 0.312. The molecule has 2 heterocycles. The molecule has 0 bridgehead atoms. The fourth-order valence-corrected chi connectivity index (χ4v) is 2.96. The zero-order valence-electron chi connectivity index (χ0n) is 11.9. The average Bonchev–Trinajstić information content (AvgIpc) is 3.08. The molecular weight excluding hydrogens is 302 g/mol. The standard InChI is InChI=1S/C16H17NO4S/c18-11(15-6-3-9-22-15)7-8-17-16(19)14-10-20-12-4-1-2-5-13(12)21-14/h1-6,9,11,14,18H,7-8,10H2,(H,17,19)/t11-,14-/m1/s1. The van der Waals surface area contributed by atoms with Gasteiger partial charge in [-0.2, -0.15) is 0 Å². The van der Waals surface area contributed by atoms with E-state index >= 15 is 0 Å². The predicted octanol–water partition coefficient (Wildman–Crippen LogP) is 2.13. The van der Waals surface area contributed by atoms with Crippen LogP contribution in [-0.4, -0.2) is 30.3 Å². The summed E-state index contributed by atoms with van der Waals surface area (Å²) in [5.74, 6) is 1.00. The van der Waals surface area contributed by atoms with Gasteiger partial charge in [0.05, 0.1) is 6.10 Å². The summed E-state index contributed by atoms with van der Waals surface area (Å²) in [6.45, 7) is 0.579. The van der Waals surface area contributed by atoms with Crippen molar-refractivity contribution >= 4 is 17.2 Å². The second kappa shape index (κ2) is 6.81. The van der Waals surface area contributed by atoms with Gasteiger partial charge in [0.2, 0.25) is 6.10 Å². The summed E-state index contributed by atoms with van der Waals surface area (Å²) in [5, 5.41) is 14.7. The van der Waals surface area contributed by atoms with E-state index in [-0.39, 0.29) is 12.5 Å². The molecule has 1 aromatic heterocycles. The number of amides is 1. The van der Waals surface area contributed by atoms with Crippen molar-refractivity contribution in [3.8, 4) is 11.5 Å². The van der Waals surface area contributed by atoms with E-state index in [1.54, 1.807) is 12.1 Å². The highest BCUT2D eigenvalue weighted by Gasteiger charge is 2.27. The molecule has 2 N–H and O–H groups in total. The van der Waals surface area contributed by atoms with Gasteiger partial charge in [-0.1, -0.05) is 18.2 Å². The first kappa shape index (κ1) is 14.9. The number of benzene rings is 1. The van der Waals surface area contributed by atoms with Crippen molar-refractivity contribution in [1.29, 1.82) is 0 Å². The molecule has 0 aliphatic carbocycles. The number of aliphatic hydroxyl groups excluding tert-OH is 1. The molecule has 0 fully saturated rings. The second-order valence-corrected chi connectivity index (χ2v) is 5.95. The van der Waals surface area contributed by atoms with Crippen LogP contribution < -0.4 is 14.8 Å². The van der Waals surface area contributed by atoms with Gasteiger partial charge in [0.15, 0.2) is 11.5 Å². The highest BCUT2D eigenvalue weighted by molar-refractivity contribution is 7.10. The first-order valence-corrected chi connectivity index (χ1v) is 7.99. The Labute approximate surface area is 132 Å². The van der Waals surface area contributed by atoms with Crippen LogP contribution >= 0.6 is 11.3 Å². The number of rotatable bonds is 5. The van der Waals surface area contributed by atoms with E-state index in [1.807, 2.05) is 29.6 Å². The SMILES string of the molecule is O=C(NCC[C@@H](O)c1cccs1)[C@H]1COc2ccccc2O1. The number of carbonyl (C=O) groups excluding carboxylic acids is 1. The summed E-state index contributed by atoms with van der Waals surface area (Å²) in [7, 11) is 0. The minimum absolute atomic E-state index is 0.191. The number of nitrogens with one attached hydrogen (secondary N) is 1. The van der Waals surface area contributed by atoms with E-state index in [0.29, 0.717) is 24.5 Å². The minimum atomic E-state index is -0.659. The van der Waals surface area contributed by atoms with Crippen LogP contribution in [0.5, 0.6) is 11.5 Å². The number of hydrogen-bond acceptors (Lipinski definition) is 5. The number of thiophene rings is 1. The Hall–Kier alpha value is -2.05. The molecule has 1 aliphatic rings. The molecule has 0 saturated carbocycles. The average molecular weight is 319 g/mol. The van der Waals surface area contributed by atoms with Crippen LogP contribution in [0.25, 0.3) is 0 Å². The molecule has 1 aromatic carbocycles. The Balaban J connectivity index is 1.47. The Bertz CT molecular complexity index is 629. The molecule has 2 aromatic rings. The number of aliphatic hydroxyl groups is 1.